The number of allylic oxidation sites excluding steroid dienone is 4. The highest BCUT2D eigenvalue weighted by Crippen LogP contribution is 2.27. The fourth-order valence-corrected chi connectivity index (χ4v) is 1.92. The topological polar surface area (TPSA) is 12.9 Å². The van der Waals surface area contributed by atoms with Crippen molar-refractivity contribution in [2.24, 2.45) is 0 Å². The second-order valence-corrected chi connectivity index (χ2v) is 5.37. The summed E-state index contributed by atoms with van der Waals surface area (Å²) in [7, 11) is 0. The van der Waals surface area contributed by atoms with Crippen molar-refractivity contribution in [2.45, 2.75) is 38.5 Å². The van der Waals surface area contributed by atoms with Crippen LogP contribution in [0.2, 0.25) is 0 Å². The van der Waals surface area contributed by atoms with Gasteiger partial charge < -0.3 is 0 Å². The Morgan fingerprint density at radius 1 is 1.25 bits per heavy atom. The largest absolute Gasteiger partial charge is 0.261 e. The second-order valence-electron chi connectivity index (χ2n) is 5.37. The lowest BCUT2D eigenvalue weighted by Crippen LogP contribution is -2.12. The van der Waals surface area contributed by atoms with Gasteiger partial charge in [0.05, 0.1) is 0 Å². The number of hydrogen-bond acceptors (Lipinski definition) is 1. The molecule has 1 aromatic heterocycles. The van der Waals surface area contributed by atoms with Crippen LogP contribution in [0.4, 0.5) is 0 Å². The van der Waals surface area contributed by atoms with Gasteiger partial charge in [-0.25, -0.2) is 0 Å². The van der Waals surface area contributed by atoms with Crippen LogP contribution in [0.3, 0.4) is 0 Å². The molecule has 0 N–H and O–H groups in total. The molecule has 2 rings (SSSR count). The fourth-order valence-electron chi connectivity index (χ4n) is 1.92. The van der Waals surface area contributed by atoms with Crippen LogP contribution in [0.5, 0.6) is 0 Å². The molecule has 0 aliphatic heterocycles. The summed E-state index contributed by atoms with van der Waals surface area (Å²) in [6.07, 6.45) is 11.6. The molecule has 84 valence electrons. The molecule has 0 saturated carbocycles. The first-order valence-corrected chi connectivity index (χ1v) is 5.87. The third-order valence-corrected chi connectivity index (χ3v) is 3.01. The second kappa shape index (κ2) is 4.25. The van der Waals surface area contributed by atoms with Crippen molar-refractivity contribution in [2.75, 3.05) is 0 Å². The summed E-state index contributed by atoms with van der Waals surface area (Å²) in [6.45, 7) is 6.72. The molecular weight excluding hydrogens is 194 g/mol. The van der Waals surface area contributed by atoms with Gasteiger partial charge in [0.15, 0.2) is 0 Å². The molecule has 1 nitrogen and oxygen atoms in total. The van der Waals surface area contributed by atoms with Crippen molar-refractivity contribution in [3.05, 3.63) is 53.9 Å². The number of aromatic nitrogens is 1. The highest BCUT2D eigenvalue weighted by Gasteiger charge is 2.16. The summed E-state index contributed by atoms with van der Waals surface area (Å²) < 4.78 is 0. The lowest BCUT2D eigenvalue weighted by molar-refractivity contribution is 0.586. The Hall–Kier alpha value is -1.37. The molecule has 0 aromatic carbocycles. The Morgan fingerprint density at radius 2 is 2.06 bits per heavy atom. The number of pyridine rings is 1. The molecule has 0 radical (unpaired) electrons. The van der Waals surface area contributed by atoms with E-state index in [0.717, 1.165) is 6.42 Å². The van der Waals surface area contributed by atoms with Gasteiger partial charge in [-0.1, -0.05) is 45.1 Å². The van der Waals surface area contributed by atoms with Crippen molar-refractivity contribution in [1.29, 1.82) is 0 Å². The summed E-state index contributed by atoms with van der Waals surface area (Å²) in [6, 6.07) is 4.36. The standard InChI is InChI=1S/C15H19N/c1-15(2,3)13-9-10-16-14(11-13)12-7-5-4-6-8-12/h4-7,9-12H,8H2,1-3H3. The first kappa shape index (κ1) is 11.1. The van der Waals surface area contributed by atoms with E-state index < -0.39 is 0 Å². The van der Waals surface area contributed by atoms with Gasteiger partial charge in [0.2, 0.25) is 0 Å². The zero-order valence-corrected chi connectivity index (χ0v) is 10.3. The summed E-state index contributed by atoms with van der Waals surface area (Å²) in [4.78, 5) is 4.49. The zero-order chi connectivity index (χ0) is 11.6. The van der Waals surface area contributed by atoms with Crippen LogP contribution in [0.15, 0.2) is 42.6 Å². The maximum absolute atomic E-state index is 4.49. The van der Waals surface area contributed by atoms with E-state index in [0.29, 0.717) is 5.92 Å². The van der Waals surface area contributed by atoms with E-state index in [4.69, 9.17) is 0 Å². The predicted octanol–water partition coefficient (Wildman–Crippen LogP) is 3.98. The average molecular weight is 213 g/mol. The average Bonchev–Trinajstić information content (AvgIpc) is 2.29. The Balaban J connectivity index is 2.29. The lowest BCUT2D eigenvalue weighted by Gasteiger charge is -2.21. The van der Waals surface area contributed by atoms with Crippen molar-refractivity contribution in [3.8, 4) is 0 Å². The van der Waals surface area contributed by atoms with E-state index in [9.17, 15) is 0 Å². The minimum absolute atomic E-state index is 0.200. The molecule has 1 aliphatic rings. The molecule has 16 heavy (non-hydrogen) atoms. The van der Waals surface area contributed by atoms with E-state index in [1.807, 2.05) is 6.20 Å². The molecular formula is C15H19N. The third-order valence-electron chi connectivity index (χ3n) is 3.01. The predicted molar refractivity (Wildman–Crippen MR) is 68.6 cm³/mol. The van der Waals surface area contributed by atoms with Crippen LogP contribution in [0.25, 0.3) is 0 Å². The van der Waals surface area contributed by atoms with Gasteiger partial charge in [-0.2, -0.15) is 0 Å². The Bertz CT molecular complexity index is 421. The highest BCUT2D eigenvalue weighted by atomic mass is 14.7. The van der Waals surface area contributed by atoms with Gasteiger partial charge in [-0.15, -0.1) is 0 Å². The third kappa shape index (κ3) is 2.41. The van der Waals surface area contributed by atoms with E-state index >= 15 is 0 Å². The van der Waals surface area contributed by atoms with Crippen molar-refractivity contribution >= 4 is 0 Å². The van der Waals surface area contributed by atoms with Crippen molar-refractivity contribution in [1.82, 2.24) is 4.98 Å². The van der Waals surface area contributed by atoms with Gasteiger partial charge in [0.1, 0.15) is 0 Å². The SMILES string of the molecule is CC(C)(C)c1ccnc(C2C=CC=CC2)c1. The summed E-state index contributed by atoms with van der Waals surface area (Å²) in [5.41, 5.74) is 2.75. The summed E-state index contributed by atoms with van der Waals surface area (Å²) >= 11 is 0. The van der Waals surface area contributed by atoms with Gasteiger partial charge in [-0.05, 0) is 29.5 Å². The zero-order valence-electron chi connectivity index (χ0n) is 10.3. The van der Waals surface area contributed by atoms with E-state index in [2.05, 4.69) is 62.2 Å². The molecule has 1 heterocycles. The van der Waals surface area contributed by atoms with E-state index in [1.54, 1.807) is 0 Å². The quantitative estimate of drug-likeness (QED) is 0.687. The molecule has 0 bridgehead atoms. The molecule has 1 aromatic rings. The Kier molecular flexibility index (Phi) is 2.95. The number of rotatable bonds is 1. The molecule has 1 aliphatic carbocycles. The summed E-state index contributed by atoms with van der Waals surface area (Å²) in [5, 5.41) is 0. The van der Waals surface area contributed by atoms with Gasteiger partial charge in [0, 0.05) is 17.8 Å². The number of nitrogens with zero attached hydrogens (tertiary/aromatic N) is 1. The highest BCUT2D eigenvalue weighted by molar-refractivity contribution is 5.29. The molecule has 0 saturated heterocycles. The molecule has 0 spiro atoms. The Morgan fingerprint density at radius 3 is 2.69 bits per heavy atom. The minimum atomic E-state index is 0.200. The molecule has 1 heteroatoms. The fraction of sp³-hybridized carbons (Fsp3) is 0.400. The van der Waals surface area contributed by atoms with Crippen LogP contribution < -0.4 is 0 Å². The molecule has 0 amide bonds. The van der Waals surface area contributed by atoms with Gasteiger partial charge in [0.25, 0.3) is 0 Å². The van der Waals surface area contributed by atoms with Crippen molar-refractivity contribution in [3.63, 3.8) is 0 Å². The van der Waals surface area contributed by atoms with Gasteiger partial charge in [-0.3, -0.25) is 4.98 Å². The Labute approximate surface area is 97.9 Å². The van der Waals surface area contributed by atoms with Crippen LogP contribution in [0.1, 0.15) is 44.4 Å². The van der Waals surface area contributed by atoms with Gasteiger partial charge >= 0.3 is 0 Å². The maximum Gasteiger partial charge on any atom is 0.0478 e. The minimum Gasteiger partial charge on any atom is -0.261 e. The molecule has 1 atom stereocenters. The maximum atomic E-state index is 4.49. The van der Waals surface area contributed by atoms with Crippen LogP contribution in [-0.4, -0.2) is 4.98 Å². The summed E-state index contributed by atoms with van der Waals surface area (Å²) in [5.74, 6) is 0.451. The van der Waals surface area contributed by atoms with E-state index in [1.165, 1.54) is 11.3 Å². The first-order valence-electron chi connectivity index (χ1n) is 5.87. The monoisotopic (exact) mass is 213 g/mol. The molecule has 1 unspecified atom stereocenters. The van der Waals surface area contributed by atoms with Crippen LogP contribution in [-0.2, 0) is 5.41 Å². The van der Waals surface area contributed by atoms with Crippen LogP contribution in [0, 0.1) is 0 Å². The smallest absolute Gasteiger partial charge is 0.0478 e. The van der Waals surface area contributed by atoms with E-state index in [-0.39, 0.29) is 5.41 Å². The normalized spacial score (nSPS) is 20.1. The lowest BCUT2D eigenvalue weighted by atomic mass is 9.85. The molecule has 0 fully saturated rings. The van der Waals surface area contributed by atoms with Crippen molar-refractivity contribution < 1.29 is 0 Å². The first-order chi connectivity index (χ1) is 7.57. The van der Waals surface area contributed by atoms with Crippen LogP contribution >= 0.6 is 0 Å². The number of hydrogen-bond donors (Lipinski definition) is 0.